The summed E-state index contributed by atoms with van der Waals surface area (Å²) in [4.78, 5) is 9.21. The van der Waals surface area contributed by atoms with Crippen molar-refractivity contribution in [2.24, 2.45) is 0 Å². The maximum absolute atomic E-state index is 13.0. The molecule has 4 rings (SSSR count). The molecule has 126 valence electrons. The average Bonchev–Trinajstić information content (AvgIpc) is 2.67. The maximum atomic E-state index is 13.0. The van der Waals surface area contributed by atoms with Crippen molar-refractivity contribution in [3.63, 3.8) is 0 Å². The summed E-state index contributed by atoms with van der Waals surface area (Å²) >= 11 is 0. The fourth-order valence-corrected chi connectivity index (χ4v) is 3.16. The molecule has 1 aromatic heterocycles. The van der Waals surface area contributed by atoms with Gasteiger partial charge < -0.3 is 5.32 Å². The zero-order valence-corrected chi connectivity index (χ0v) is 14.0. The number of nitrogens with one attached hydrogen (secondary N) is 1. The monoisotopic (exact) mass is 333 g/mol. The van der Waals surface area contributed by atoms with Gasteiger partial charge in [0.25, 0.3) is 0 Å². The van der Waals surface area contributed by atoms with Crippen LogP contribution in [0.25, 0.3) is 11.1 Å². The Labute approximate surface area is 147 Å². The number of aromatic nitrogens is 2. The zero-order valence-electron chi connectivity index (χ0n) is 14.0. The van der Waals surface area contributed by atoms with Crippen LogP contribution >= 0.6 is 0 Å². The van der Waals surface area contributed by atoms with Gasteiger partial charge in [-0.1, -0.05) is 36.4 Å². The van der Waals surface area contributed by atoms with E-state index in [1.165, 1.54) is 29.0 Å². The molecule has 0 unspecified atom stereocenters. The van der Waals surface area contributed by atoms with Gasteiger partial charge in [-0.15, -0.1) is 0 Å². The first-order chi connectivity index (χ1) is 12.3. The summed E-state index contributed by atoms with van der Waals surface area (Å²) in [7, 11) is 0. The molecule has 0 saturated heterocycles. The lowest BCUT2D eigenvalue weighted by atomic mass is 10.0. The highest BCUT2D eigenvalue weighted by molar-refractivity contribution is 5.63. The lowest BCUT2D eigenvalue weighted by Crippen LogP contribution is -2.25. The molecule has 0 amide bonds. The van der Waals surface area contributed by atoms with Crippen molar-refractivity contribution >= 4 is 0 Å². The van der Waals surface area contributed by atoms with Gasteiger partial charge in [0.15, 0.2) is 0 Å². The number of fused-ring (bicyclic) bond motifs is 1. The van der Waals surface area contributed by atoms with Crippen molar-refractivity contribution in [2.75, 3.05) is 6.54 Å². The second kappa shape index (κ2) is 7.11. The van der Waals surface area contributed by atoms with Gasteiger partial charge in [-0.25, -0.2) is 14.4 Å². The molecule has 0 radical (unpaired) electrons. The third-order valence-corrected chi connectivity index (χ3v) is 4.63. The fourth-order valence-electron chi connectivity index (χ4n) is 3.16. The molecule has 0 atom stereocenters. The number of rotatable bonds is 4. The Bertz CT molecular complexity index is 857. The molecule has 0 aliphatic carbocycles. The third-order valence-electron chi connectivity index (χ3n) is 4.63. The van der Waals surface area contributed by atoms with Crippen LogP contribution in [0.1, 0.15) is 22.6 Å². The van der Waals surface area contributed by atoms with E-state index in [0.717, 1.165) is 49.3 Å². The van der Waals surface area contributed by atoms with E-state index in [1.54, 1.807) is 12.1 Å². The SMILES string of the molecule is Fc1ccc(-c2ccc(CCc3ncc4c(n3)CCNC4)cc2)cc1. The number of hydrogen-bond acceptors (Lipinski definition) is 3. The van der Waals surface area contributed by atoms with E-state index in [9.17, 15) is 4.39 Å². The van der Waals surface area contributed by atoms with Crippen LogP contribution in [0, 0.1) is 5.82 Å². The first-order valence-corrected chi connectivity index (χ1v) is 8.67. The standard InChI is InChI=1S/C21H20FN3/c22-19-8-6-17(7-9-19)16-4-1-15(2-5-16)3-10-21-24-14-18-13-23-12-11-20(18)25-21/h1-2,4-9,14,23H,3,10-13H2. The number of nitrogens with zero attached hydrogens (tertiary/aromatic N) is 2. The topological polar surface area (TPSA) is 37.8 Å². The molecule has 25 heavy (non-hydrogen) atoms. The van der Waals surface area contributed by atoms with Crippen LogP contribution in [0.4, 0.5) is 4.39 Å². The minimum absolute atomic E-state index is 0.207. The van der Waals surface area contributed by atoms with E-state index >= 15 is 0 Å². The first kappa shape index (κ1) is 15.9. The van der Waals surface area contributed by atoms with Gasteiger partial charge in [0.05, 0.1) is 0 Å². The molecule has 3 aromatic rings. The molecule has 1 aliphatic rings. The van der Waals surface area contributed by atoms with Crippen LogP contribution in [-0.4, -0.2) is 16.5 Å². The van der Waals surface area contributed by atoms with Gasteiger partial charge in [0.1, 0.15) is 11.6 Å². The minimum atomic E-state index is -0.207. The minimum Gasteiger partial charge on any atom is -0.312 e. The van der Waals surface area contributed by atoms with Crippen molar-refractivity contribution in [2.45, 2.75) is 25.8 Å². The van der Waals surface area contributed by atoms with Crippen LogP contribution in [-0.2, 0) is 25.8 Å². The van der Waals surface area contributed by atoms with Gasteiger partial charge in [-0.3, -0.25) is 0 Å². The quantitative estimate of drug-likeness (QED) is 0.791. The van der Waals surface area contributed by atoms with Crippen LogP contribution in [0.15, 0.2) is 54.7 Å². The van der Waals surface area contributed by atoms with Crippen molar-refractivity contribution in [1.82, 2.24) is 15.3 Å². The average molecular weight is 333 g/mol. The molecular weight excluding hydrogens is 313 g/mol. The van der Waals surface area contributed by atoms with E-state index in [1.807, 2.05) is 6.20 Å². The van der Waals surface area contributed by atoms with Crippen molar-refractivity contribution in [3.8, 4) is 11.1 Å². The summed E-state index contributed by atoms with van der Waals surface area (Å²) in [6.45, 7) is 1.87. The highest BCUT2D eigenvalue weighted by Crippen LogP contribution is 2.20. The zero-order chi connectivity index (χ0) is 17.1. The van der Waals surface area contributed by atoms with Gasteiger partial charge in [0, 0.05) is 43.4 Å². The molecule has 1 aliphatic heterocycles. The predicted molar refractivity (Wildman–Crippen MR) is 96.7 cm³/mol. The number of halogens is 1. The molecule has 0 bridgehead atoms. The summed E-state index contributed by atoms with van der Waals surface area (Å²) in [6.07, 6.45) is 4.70. The lowest BCUT2D eigenvalue weighted by molar-refractivity contribution is 0.619. The normalized spacial score (nSPS) is 13.5. The van der Waals surface area contributed by atoms with Gasteiger partial charge in [0.2, 0.25) is 0 Å². The molecule has 2 aromatic carbocycles. The second-order valence-electron chi connectivity index (χ2n) is 6.39. The summed E-state index contributed by atoms with van der Waals surface area (Å²) in [5, 5.41) is 3.34. The lowest BCUT2D eigenvalue weighted by Gasteiger charge is -2.16. The molecule has 4 heteroatoms. The number of benzene rings is 2. The van der Waals surface area contributed by atoms with E-state index in [-0.39, 0.29) is 5.82 Å². The highest BCUT2D eigenvalue weighted by atomic mass is 19.1. The molecule has 1 N–H and O–H groups in total. The first-order valence-electron chi connectivity index (χ1n) is 8.67. The van der Waals surface area contributed by atoms with Crippen LogP contribution in [0.5, 0.6) is 0 Å². The largest absolute Gasteiger partial charge is 0.312 e. The van der Waals surface area contributed by atoms with E-state index in [0.29, 0.717) is 0 Å². The van der Waals surface area contributed by atoms with Crippen molar-refractivity contribution in [1.29, 1.82) is 0 Å². The molecular formula is C21H20FN3. The summed E-state index contributed by atoms with van der Waals surface area (Å²) < 4.78 is 13.0. The molecule has 0 fully saturated rings. The Morgan fingerprint density at radius 1 is 0.920 bits per heavy atom. The van der Waals surface area contributed by atoms with Gasteiger partial charge in [-0.05, 0) is 35.2 Å². The number of hydrogen-bond donors (Lipinski definition) is 1. The maximum Gasteiger partial charge on any atom is 0.128 e. The molecule has 0 spiro atoms. The molecule has 3 nitrogen and oxygen atoms in total. The van der Waals surface area contributed by atoms with E-state index in [4.69, 9.17) is 4.98 Å². The summed E-state index contributed by atoms with van der Waals surface area (Å²) in [5.74, 6) is 0.712. The Balaban J connectivity index is 1.42. The summed E-state index contributed by atoms with van der Waals surface area (Å²) in [5.41, 5.74) is 5.80. The predicted octanol–water partition coefficient (Wildman–Crippen LogP) is 3.71. The number of aryl methyl sites for hydroxylation is 2. The highest BCUT2D eigenvalue weighted by Gasteiger charge is 2.11. The van der Waals surface area contributed by atoms with Crippen LogP contribution in [0.3, 0.4) is 0 Å². The summed E-state index contributed by atoms with van der Waals surface area (Å²) in [6, 6.07) is 15.0. The van der Waals surface area contributed by atoms with Crippen LogP contribution in [0.2, 0.25) is 0 Å². The fraction of sp³-hybridized carbons (Fsp3) is 0.238. The smallest absolute Gasteiger partial charge is 0.128 e. The molecule has 2 heterocycles. The van der Waals surface area contributed by atoms with E-state index < -0.39 is 0 Å². The van der Waals surface area contributed by atoms with Gasteiger partial charge >= 0.3 is 0 Å². The second-order valence-corrected chi connectivity index (χ2v) is 6.39. The Morgan fingerprint density at radius 2 is 1.64 bits per heavy atom. The Hall–Kier alpha value is -2.59. The van der Waals surface area contributed by atoms with Crippen molar-refractivity contribution in [3.05, 3.63) is 83.2 Å². The van der Waals surface area contributed by atoms with Crippen molar-refractivity contribution < 1.29 is 4.39 Å². The third kappa shape index (κ3) is 3.74. The van der Waals surface area contributed by atoms with Gasteiger partial charge in [-0.2, -0.15) is 0 Å². The van der Waals surface area contributed by atoms with E-state index in [2.05, 4.69) is 34.6 Å². The Morgan fingerprint density at radius 3 is 2.40 bits per heavy atom. The van der Waals surface area contributed by atoms with Crippen LogP contribution < -0.4 is 5.32 Å². The molecule has 0 saturated carbocycles. The Kier molecular flexibility index (Phi) is 4.53.